The Bertz CT molecular complexity index is 417. The molecule has 1 aliphatic carbocycles. The van der Waals surface area contributed by atoms with Gasteiger partial charge in [-0.25, -0.2) is 0 Å². The Labute approximate surface area is 116 Å². The summed E-state index contributed by atoms with van der Waals surface area (Å²) >= 11 is 0. The summed E-state index contributed by atoms with van der Waals surface area (Å²) in [5.41, 5.74) is 2.81. The third kappa shape index (κ3) is 3.01. The maximum absolute atomic E-state index is 5.74. The molecule has 1 fully saturated rings. The first-order valence-corrected chi connectivity index (χ1v) is 7.78. The molecule has 0 spiro atoms. The van der Waals surface area contributed by atoms with Gasteiger partial charge in [-0.3, -0.25) is 0 Å². The lowest BCUT2D eigenvalue weighted by molar-refractivity contribution is 0.0746. The summed E-state index contributed by atoms with van der Waals surface area (Å²) in [6.45, 7) is 3.92. The van der Waals surface area contributed by atoms with Crippen molar-refractivity contribution in [2.75, 3.05) is 6.61 Å². The van der Waals surface area contributed by atoms with Crippen LogP contribution in [0.2, 0.25) is 0 Å². The van der Waals surface area contributed by atoms with Crippen LogP contribution in [0.25, 0.3) is 0 Å². The lowest BCUT2D eigenvalue weighted by Crippen LogP contribution is -2.40. The summed E-state index contributed by atoms with van der Waals surface area (Å²) in [6, 6.07) is 9.78. The Hall–Kier alpha value is -0.860. The summed E-state index contributed by atoms with van der Waals surface area (Å²) < 4.78 is 5.74. The summed E-state index contributed by atoms with van der Waals surface area (Å²) in [4.78, 5) is 0. The number of hydrogen-bond acceptors (Lipinski definition) is 2. The first kappa shape index (κ1) is 13.1. The third-order valence-corrected chi connectivity index (χ3v) is 4.77. The van der Waals surface area contributed by atoms with E-state index in [9.17, 15) is 0 Å². The van der Waals surface area contributed by atoms with E-state index in [0.29, 0.717) is 12.1 Å². The van der Waals surface area contributed by atoms with Crippen LogP contribution in [0.5, 0.6) is 0 Å². The largest absolute Gasteiger partial charge is 0.375 e. The lowest BCUT2D eigenvalue weighted by atomic mass is 9.83. The Morgan fingerprint density at radius 3 is 3.05 bits per heavy atom. The van der Waals surface area contributed by atoms with Gasteiger partial charge in [-0.05, 0) is 29.9 Å². The first-order valence-electron chi connectivity index (χ1n) is 7.78. The van der Waals surface area contributed by atoms with Crippen LogP contribution in [0, 0.1) is 5.92 Å². The smallest absolute Gasteiger partial charge is 0.0721 e. The fourth-order valence-electron chi connectivity index (χ4n) is 3.62. The molecule has 1 N–H and O–H groups in total. The molecule has 0 aromatic heterocycles. The summed E-state index contributed by atoms with van der Waals surface area (Å²) in [6.07, 6.45) is 6.80. The number of hydrogen-bond donors (Lipinski definition) is 1. The van der Waals surface area contributed by atoms with Crippen molar-refractivity contribution in [2.45, 2.75) is 57.7 Å². The molecule has 1 aromatic rings. The molecule has 1 aliphatic heterocycles. The second-order valence-electron chi connectivity index (χ2n) is 6.07. The second kappa shape index (κ2) is 6.06. The molecular formula is C17H25NO. The fraction of sp³-hybridized carbons (Fsp3) is 0.647. The molecule has 1 saturated carbocycles. The van der Waals surface area contributed by atoms with Crippen LogP contribution in [0.15, 0.2) is 24.3 Å². The van der Waals surface area contributed by atoms with Crippen molar-refractivity contribution < 1.29 is 4.74 Å². The number of ether oxygens (including phenoxy) is 1. The van der Waals surface area contributed by atoms with Crippen molar-refractivity contribution in [3.05, 3.63) is 35.4 Å². The highest BCUT2D eigenvalue weighted by molar-refractivity contribution is 5.31. The Morgan fingerprint density at radius 2 is 2.16 bits per heavy atom. The molecule has 0 amide bonds. The Morgan fingerprint density at radius 1 is 1.26 bits per heavy atom. The van der Waals surface area contributed by atoms with Gasteiger partial charge in [-0.1, -0.05) is 50.5 Å². The predicted molar refractivity (Wildman–Crippen MR) is 78.0 cm³/mol. The molecule has 0 radical (unpaired) electrons. The van der Waals surface area contributed by atoms with Crippen LogP contribution < -0.4 is 5.32 Å². The molecule has 3 rings (SSSR count). The molecule has 19 heavy (non-hydrogen) atoms. The van der Waals surface area contributed by atoms with Gasteiger partial charge in [0.1, 0.15) is 0 Å². The highest BCUT2D eigenvalue weighted by atomic mass is 16.5. The highest BCUT2D eigenvalue weighted by Crippen LogP contribution is 2.30. The Balaban J connectivity index is 1.67. The van der Waals surface area contributed by atoms with Crippen LogP contribution in [0.3, 0.4) is 0 Å². The summed E-state index contributed by atoms with van der Waals surface area (Å²) in [5, 5.41) is 3.85. The fourth-order valence-corrected chi connectivity index (χ4v) is 3.62. The second-order valence-corrected chi connectivity index (χ2v) is 6.07. The zero-order valence-corrected chi connectivity index (χ0v) is 11.9. The molecule has 2 aliphatic rings. The van der Waals surface area contributed by atoms with Crippen LogP contribution in [0.4, 0.5) is 0 Å². The van der Waals surface area contributed by atoms with E-state index in [1.54, 1.807) is 0 Å². The minimum atomic E-state index is 0.394. The summed E-state index contributed by atoms with van der Waals surface area (Å²) in [5.74, 6) is 0.922. The molecule has 3 atom stereocenters. The Kier molecular flexibility index (Phi) is 4.19. The van der Waals surface area contributed by atoms with E-state index >= 15 is 0 Å². The van der Waals surface area contributed by atoms with Gasteiger partial charge in [0, 0.05) is 6.04 Å². The predicted octanol–water partition coefficient (Wildman–Crippen LogP) is 3.82. The number of benzene rings is 1. The minimum Gasteiger partial charge on any atom is -0.375 e. The molecule has 1 heterocycles. The van der Waals surface area contributed by atoms with E-state index in [-0.39, 0.29) is 0 Å². The molecule has 3 unspecified atom stereocenters. The number of fused-ring (bicyclic) bond motifs is 1. The highest BCUT2D eigenvalue weighted by Gasteiger charge is 2.26. The zero-order chi connectivity index (χ0) is 13.1. The van der Waals surface area contributed by atoms with Gasteiger partial charge in [-0.2, -0.15) is 0 Å². The maximum atomic E-state index is 5.74. The topological polar surface area (TPSA) is 21.3 Å². The maximum Gasteiger partial charge on any atom is 0.0721 e. The normalized spacial score (nSPS) is 30.9. The van der Waals surface area contributed by atoms with E-state index in [4.69, 9.17) is 4.74 Å². The van der Waals surface area contributed by atoms with Crippen LogP contribution in [-0.2, 0) is 11.3 Å². The molecule has 104 valence electrons. The zero-order valence-electron chi connectivity index (χ0n) is 11.9. The van der Waals surface area contributed by atoms with Crippen LogP contribution in [-0.4, -0.2) is 12.6 Å². The standard InChI is InChI=1S/C17H25NO/c1-2-13-6-5-8-15(10-13)18-17-12-19-11-14-7-3-4-9-16(14)17/h3-4,7,9,13,15,17-18H,2,5-6,8,10-12H2,1H3. The van der Waals surface area contributed by atoms with E-state index in [0.717, 1.165) is 19.1 Å². The first-order chi connectivity index (χ1) is 9.36. The average Bonchev–Trinajstić information content (AvgIpc) is 2.48. The van der Waals surface area contributed by atoms with Gasteiger partial charge in [0.05, 0.1) is 19.3 Å². The van der Waals surface area contributed by atoms with Crippen molar-refractivity contribution in [3.63, 3.8) is 0 Å². The van der Waals surface area contributed by atoms with Crippen LogP contribution in [0.1, 0.15) is 56.2 Å². The van der Waals surface area contributed by atoms with E-state index in [2.05, 4.69) is 36.5 Å². The van der Waals surface area contributed by atoms with Crippen molar-refractivity contribution >= 4 is 0 Å². The van der Waals surface area contributed by atoms with Gasteiger partial charge >= 0.3 is 0 Å². The quantitative estimate of drug-likeness (QED) is 0.891. The van der Waals surface area contributed by atoms with Gasteiger partial charge in [0.25, 0.3) is 0 Å². The van der Waals surface area contributed by atoms with Gasteiger partial charge in [0.15, 0.2) is 0 Å². The number of rotatable bonds is 3. The molecule has 2 heteroatoms. The van der Waals surface area contributed by atoms with Gasteiger partial charge in [0.2, 0.25) is 0 Å². The molecular weight excluding hydrogens is 234 g/mol. The van der Waals surface area contributed by atoms with Crippen molar-refractivity contribution in [2.24, 2.45) is 5.92 Å². The van der Waals surface area contributed by atoms with Crippen molar-refractivity contribution in [3.8, 4) is 0 Å². The molecule has 1 aromatic carbocycles. The number of nitrogens with one attached hydrogen (secondary N) is 1. The van der Waals surface area contributed by atoms with Crippen LogP contribution >= 0.6 is 0 Å². The van der Waals surface area contributed by atoms with Crippen molar-refractivity contribution in [1.82, 2.24) is 5.32 Å². The van der Waals surface area contributed by atoms with E-state index < -0.39 is 0 Å². The average molecular weight is 259 g/mol. The summed E-state index contributed by atoms with van der Waals surface area (Å²) in [7, 11) is 0. The molecule has 0 saturated heterocycles. The van der Waals surface area contributed by atoms with E-state index in [1.165, 1.54) is 43.2 Å². The SMILES string of the molecule is CCC1CCCC(NC2COCc3ccccc32)C1. The molecule has 2 nitrogen and oxygen atoms in total. The van der Waals surface area contributed by atoms with Crippen molar-refractivity contribution in [1.29, 1.82) is 0 Å². The van der Waals surface area contributed by atoms with Gasteiger partial charge < -0.3 is 10.1 Å². The van der Waals surface area contributed by atoms with E-state index in [1.807, 2.05) is 0 Å². The minimum absolute atomic E-state index is 0.394. The third-order valence-electron chi connectivity index (χ3n) is 4.77. The monoisotopic (exact) mass is 259 g/mol. The molecule has 0 bridgehead atoms. The lowest BCUT2D eigenvalue weighted by Gasteiger charge is -2.34. The van der Waals surface area contributed by atoms with Gasteiger partial charge in [-0.15, -0.1) is 0 Å².